The van der Waals surface area contributed by atoms with Crippen molar-refractivity contribution in [2.75, 3.05) is 24.3 Å². The zero-order valence-electron chi connectivity index (χ0n) is 12.1. The van der Waals surface area contributed by atoms with Gasteiger partial charge in [0.1, 0.15) is 5.82 Å². The molecule has 1 aromatic carbocycles. The number of nitrogens with one attached hydrogen (secondary N) is 1. The molecular weight excluding hydrogens is 262 g/mol. The summed E-state index contributed by atoms with van der Waals surface area (Å²) in [6, 6.07) is 11.9. The SMILES string of the molecule is CN(C)c1ccc(NCc2cnc3ccccc3n2)cn1. The van der Waals surface area contributed by atoms with E-state index in [0.29, 0.717) is 6.54 Å². The Morgan fingerprint density at radius 3 is 2.48 bits per heavy atom. The first-order valence-corrected chi connectivity index (χ1v) is 6.80. The van der Waals surface area contributed by atoms with E-state index in [4.69, 9.17) is 0 Å². The molecular formula is C16H17N5. The number of para-hydroxylation sites is 2. The Balaban J connectivity index is 1.71. The van der Waals surface area contributed by atoms with Crippen LogP contribution in [0.25, 0.3) is 11.0 Å². The molecule has 5 nitrogen and oxygen atoms in total. The minimum Gasteiger partial charge on any atom is -0.378 e. The Hall–Kier alpha value is -2.69. The third-order valence-electron chi connectivity index (χ3n) is 3.18. The molecule has 0 saturated carbocycles. The van der Waals surface area contributed by atoms with Crippen LogP contribution in [-0.2, 0) is 6.54 Å². The smallest absolute Gasteiger partial charge is 0.128 e. The summed E-state index contributed by atoms with van der Waals surface area (Å²) in [6.07, 6.45) is 3.63. The summed E-state index contributed by atoms with van der Waals surface area (Å²) in [7, 11) is 3.94. The second-order valence-electron chi connectivity index (χ2n) is 5.00. The van der Waals surface area contributed by atoms with Crippen LogP contribution in [-0.4, -0.2) is 29.0 Å². The van der Waals surface area contributed by atoms with Gasteiger partial charge in [0.25, 0.3) is 0 Å². The molecule has 2 aromatic heterocycles. The van der Waals surface area contributed by atoms with Crippen molar-refractivity contribution in [3.05, 3.63) is 54.5 Å². The van der Waals surface area contributed by atoms with E-state index in [2.05, 4.69) is 20.3 Å². The molecule has 3 aromatic rings. The summed E-state index contributed by atoms with van der Waals surface area (Å²) in [5.41, 5.74) is 3.71. The van der Waals surface area contributed by atoms with Crippen molar-refractivity contribution in [3.8, 4) is 0 Å². The van der Waals surface area contributed by atoms with Gasteiger partial charge < -0.3 is 10.2 Å². The molecule has 0 amide bonds. The summed E-state index contributed by atoms with van der Waals surface area (Å²) in [4.78, 5) is 15.3. The van der Waals surface area contributed by atoms with Gasteiger partial charge in [-0.3, -0.25) is 4.98 Å². The fourth-order valence-corrected chi connectivity index (χ4v) is 2.03. The van der Waals surface area contributed by atoms with Gasteiger partial charge in [-0.1, -0.05) is 12.1 Å². The molecule has 21 heavy (non-hydrogen) atoms. The predicted molar refractivity (Wildman–Crippen MR) is 85.4 cm³/mol. The van der Waals surface area contributed by atoms with Crippen LogP contribution in [0, 0.1) is 0 Å². The van der Waals surface area contributed by atoms with Crippen LogP contribution in [0.5, 0.6) is 0 Å². The van der Waals surface area contributed by atoms with Crippen molar-refractivity contribution < 1.29 is 0 Å². The van der Waals surface area contributed by atoms with E-state index in [1.54, 1.807) is 6.20 Å². The third kappa shape index (κ3) is 3.08. The first kappa shape index (κ1) is 13.3. The van der Waals surface area contributed by atoms with Crippen LogP contribution in [0.3, 0.4) is 0 Å². The second-order valence-corrected chi connectivity index (χ2v) is 5.00. The minimum atomic E-state index is 0.626. The monoisotopic (exact) mass is 279 g/mol. The standard InChI is InChI=1S/C16H17N5/c1-21(2)16-8-7-12(9-19-16)17-10-13-11-18-14-5-3-4-6-15(14)20-13/h3-9,11,17H,10H2,1-2H3. The fourth-order valence-electron chi connectivity index (χ4n) is 2.03. The summed E-state index contributed by atoms with van der Waals surface area (Å²) >= 11 is 0. The summed E-state index contributed by atoms with van der Waals surface area (Å²) in [5, 5.41) is 3.31. The highest BCUT2D eigenvalue weighted by Crippen LogP contribution is 2.13. The van der Waals surface area contributed by atoms with Gasteiger partial charge in [0.2, 0.25) is 0 Å². The number of hydrogen-bond donors (Lipinski definition) is 1. The van der Waals surface area contributed by atoms with Gasteiger partial charge >= 0.3 is 0 Å². The van der Waals surface area contributed by atoms with Gasteiger partial charge in [0.05, 0.1) is 41.4 Å². The van der Waals surface area contributed by atoms with Gasteiger partial charge in [0.15, 0.2) is 0 Å². The molecule has 0 radical (unpaired) electrons. The Labute approximate surface area is 123 Å². The van der Waals surface area contributed by atoms with Crippen molar-refractivity contribution in [1.82, 2.24) is 15.0 Å². The molecule has 5 heteroatoms. The number of rotatable bonds is 4. The van der Waals surface area contributed by atoms with E-state index in [-0.39, 0.29) is 0 Å². The van der Waals surface area contributed by atoms with Crippen molar-refractivity contribution in [2.45, 2.75) is 6.54 Å². The molecule has 0 aliphatic carbocycles. The minimum absolute atomic E-state index is 0.626. The van der Waals surface area contributed by atoms with Crippen molar-refractivity contribution in [3.63, 3.8) is 0 Å². The number of hydrogen-bond acceptors (Lipinski definition) is 5. The van der Waals surface area contributed by atoms with E-state index in [1.165, 1.54) is 0 Å². The lowest BCUT2D eigenvalue weighted by Crippen LogP contribution is -2.10. The van der Waals surface area contributed by atoms with Crippen LogP contribution in [0.4, 0.5) is 11.5 Å². The molecule has 0 bridgehead atoms. The average Bonchev–Trinajstić information content (AvgIpc) is 2.53. The molecule has 0 saturated heterocycles. The van der Waals surface area contributed by atoms with Gasteiger partial charge in [-0.05, 0) is 24.3 Å². The highest BCUT2D eigenvalue weighted by atomic mass is 15.1. The van der Waals surface area contributed by atoms with Crippen LogP contribution in [0.15, 0.2) is 48.8 Å². The van der Waals surface area contributed by atoms with Crippen LogP contribution in [0.2, 0.25) is 0 Å². The maximum absolute atomic E-state index is 4.58. The van der Waals surface area contributed by atoms with Gasteiger partial charge in [-0.15, -0.1) is 0 Å². The first-order chi connectivity index (χ1) is 10.2. The van der Waals surface area contributed by atoms with Crippen LogP contribution in [0.1, 0.15) is 5.69 Å². The number of pyridine rings is 1. The Bertz CT molecular complexity index is 737. The van der Waals surface area contributed by atoms with Crippen LogP contribution >= 0.6 is 0 Å². The van der Waals surface area contributed by atoms with E-state index in [0.717, 1.165) is 28.2 Å². The molecule has 1 N–H and O–H groups in total. The topological polar surface area (TPSA) is 53.9 Å². The van der Waals surface area contributed by atoms with E-state index < -0.39 is 0 Å². The molecule has 0 spiro atoms. The number of benzene rings is 1. The number of aromatic nitrogens is 3. The van der Waals surface area contributed by atoms with Crippen LogP contribution < -0.4 is 10.2 Å². The Morgan fingerprint density at radius 2 is 1.76 bits per heavy atom. The molecule has 3 rings (SSSR count). The molecule has 2 heterocycles. The first-order valence-electron chi connectivity index (χ1n) is 6.80. The third-order valence-corrected chi connectivity index (χ3v) is 3.18. The van der Waals surface area contributed by atoms with Gasteiger partial charge in [-0.2, -0.15) is 0 Å². The van der Waals surface area contributed by atoms with E-state index >= 15 is 0 Å². The fraction of sp³-hybridized carbons (Fsp3) is 0.188. The molecule has 0 atom stereocenters. The molecule has 0 aliphatic heterocycles. The molecule has 0 aliphatic rings. The van der Waals surface area contributed by atoms with Gasteiger partial charge in [0, 0.05) is 14.1 Å². The lowest BCUT2D eigenvalue weighted by Gasteiger charge is -2.12. The van der Waals surface area contributed by atoms with Crippen molar-refractivity contribution in [2.24, 2.45) is 0 Å². The normalized spacial score (nSPS) is 10.6. The van der Waals surface area contributed by atoms with Gasteiger partial charge in [-0.25, -0.2) is 9.97 Å². The average molecular weight is 279 g/mol. The number of fused-ring (bicyclic) bond motifs is 1. The molecule has 0 unspecified atom stereocenters. The Kier molecular flexibility index (Phi) is 3.64. The maximum atomic E-state index is 4.58. The predicted octanol–water partition coefficient (Wildman–Crippen LogP) is 2.70. The lowest BCUT2D eigenvalue weighted by molar-refractivity contribution is 1.03. The second kappa shape index (κ2) is 5.75. The zero-order chi connectivity index (χ0) is 14.7. The van der Waals surface area contributed by atoms with Crippen molar-refractivity contribution >= 4 is 22.5 Å². The summed E-state index contributed by atoms with van der Waals surface area (Å²) in [6.45, 7) is 0.626. The summed E-state index contributed by atoms with van der Waals surface area (Å²) in [5.74, 6) is 0.936. The van der Waals surface area contributed by atoms with Crippen molar-refractivity contribution in [1.29, 1.82) is 0 Å². The number of anilines is 2. The quantitative estimate of drug-likeness (QED) is 0.795. The number of nitrogens with zero attached hydrogens (tertiary/aromatic N) is 4. The maximum Gasteiger partial charge on any atom is 0.128 e. The molecule has 0 fully saturated rings. The van der Waals surface area contributed by atoms with E-state index in [1.807, 2.05) is 61.6 Å². The summed E-state index contributed by atoms with van der Waals surface area (Å²) < 4.78 is 0. The zero-order valence-corrected chi connectivity index (χ0v) is 12.1. The highest BCUT2D eigenvalue weighted by molar-refractivity contribution is 5.73. The largest absolute Gasteiger partial charge is 0.378 e. The lowest BCUT2D eigenvalue weighted by atomic mass is 10.3. The Morgan fingerprint density at radius 1 is 0.952 bits per heavy atom. The highest BCUT2D eigenvalue weighted by Gasteiger charge is 2.01. The molecule has 106 valence electrons. The van der Waals surface area contributed by atoms with E-state index in [9.17, 15) is 0 Å².